The lowest BCUT2D eigenvalue weighted by Gasteiger charge is -2.29. The Bertz CT molecular complexity index is 2570. The van der Waals surface area contributed by atoms with E-state index in [1.54, 1.807) is 0 Å². The second-order valence-electron chi connectivity index (χ2n) is 13.4. The molecule has 0 aliphatic carbocycles. The van der Waals surface area contributed by atoms with Crippen LogP contribution in [0.3, 0.4) is 0 Å². The Labute approximate surface area is 278 Å². The largest absolute Gasteiger partial charge is 0.192 e. The summed E-state index contributed by atoms with van der Waals surface area (Å²) < 4.78 is 0. The maximum Gasteiger partial charge on any atom is 0.00219 e. The van der Waals surface area contributed by atoms with E-state index in [0.29, 0.717) is 0 Å². The Morgan fingerprint density at radius 1 is 0.362 bits per heavy atom. The van der Waals surface area contributed by atoms with Gasteiger partial charge < -0.3 is 0 Å². The van der Waals surface area contributed by atoms with Crippen molar-refractivity contribution in [3.8, 4) is 44.5 Å². The molecule has 1 heterocycles. The van der Waals surface area contributed by atoms with E-state index in [2.05, 4.69) is 172 Å². The first-order chi connectivity index (χ1) is 22.9. The molecule has 0 N–H and O–H groups in total. The molecular weight excluding hydrogens is 585 g/mol. The maximum atomic E-state index is 2.58. The van der Waals surface area contributed by atoms with Crippen molar-refractivity contribution in [2.45, 2.75) is 23.6 Å². The van der Waals surface area contributed by atoms with Crippen LogP contribution < -0.4 is 0 Å². The number of fused-ring (bicyclic) bond motifs is 6. The van der Waals surface area contributed by atoms with Crippen molar-refractivity contribution in [3.63, 3.8) is 0 Å². The lowest BCUT2D eigenvalue weighted by Crippen LogP contribution is -1.97. The van der Waals surface area contributed by atoms with Gasteiger partial charge in [-0.05, 0) is 145 Å². The summed E-state index contributed by atoms with van der Waals surface area (Å²) in [5, 5.41) is 7.81. The van der Waals surface area contributed by atoms with Crippen LogP contribution in [-0.2, 0) is 0 Å². The highest BCUT2D eigenvalue weighted by Crippen LogP contribution is 2.68. The van der Waals surface area contributed by atoms with Gasteiger partial charge in [0.1, 0.15) is 0 Å². The summed E-state index contributed by atoms with van der Waals surface area (Å²) in [6.45, 7) is 4.51. The van der Waals surface area contributed by atoms with Crippen LogP contribution in [0.4, 0.5) is 0 Å². The van der Waals surface area contributed by atoms with E-state index >= 15 is 0 Å². The van der Waals surface area contributed by atoms with Crippen LogP contribution in [0.15, 0.2) is 155 Å². The summed E-state index contributed by atoms with van der Waals surface area (Å²) in [6, 6.07) is 54.7. The topological polar surface area (TPSA) is 0 Å². The average molecular weight is 621 g/mol. The Kier molecular flexibility index (Phi) is 6.26. The van der Waals surface area contributed by atoms with Gasteiger partial charge in [-0.15, -0.1) is 0 Å². The summed E-state index contributed by atoms with van der Waals surface area (Å²) in [5.74, 6) is 0. The summed E-state index contributed by atoms with van der Waals surface area (Å²) in [6.07, 6.45) is 4.94. The third-order valence-electron chi connectivity index (χ3n) is 10.4. The molecule has 0 bridgehead atoms. The zero-order chi connectivity index (χ0) is 31.9. The first kappa shape index (κ1) is 28.1. The summed E-state index contributed by atoms with van der Waals surface area (Å²) >= 11 is 0. The molecule has 1 heteroatoms. The number of rotatable bonds is 3. The molecule has 1 aliphatic heterocycles. The third-order valence-corrected chi connectivity index (χ3v) is 13.3. The number of aryl methyl sites for hydroxylation is 2. The molecule has 0 radical (unpaired) electrons. The SMILES string of the molecule is Cc1ccccc1-c1c2ccc(-c3ccc4ccccc4c3)cc2c(-c2ccccc2C)c2cc3c(cc12)-c1ccccc1S3(C)C. The van der Waals surface area contributed by atoms with Gasteiger partial charge >= 0.3 is 0 Å². The number of benzene rings is 8. The highest BCUT2D eigenvalue weighted by Gasteiger charge is 2.33. The van der Waals surface area contributed by atoms with Gasteiger partial charge in [0.2, 0.25) is 0 Å². The minimum atomic E-state index is -1.18. The minimum absolute atomic E-state index is 1.18. The van der Waals surface area contributed by atoms with Crippen molar-refractivity contribution in [2.24, 2.45) is 0 Å². The second kappa shape index (κ2) is 10.5. The summed E-state index contributed by atoms with van der Waals surface area (Å²) in [5.41, 5.74) is 13.1. The molecule has 0 amide bonds. The fourth-order valence-electron chi connectivity index (χ4n) is 7.97. The van der Waals surface area contributed by atoms with Crippen molar-refractivity contribution in [2.75, 3.05) is 12.5 Å². The zero-order valence-electron chi connectivity index (χ0n) is 27.3. The first-order valence-corrected chi connectivity index (χ1v) is 18.9. The van der Waals surface area contributed by atoms with Crippen LogP contribution in [0.5, 0.6) is 0 Å². The van der Waals surface area contributed by atoms with Gasteiger partial charge in [-0.2, -0.15) is 10.0 Å². The molecule has 0 atom stereocenters. The lowest BCUT2D eigenvalue weighted by molar-refractivity contribution is 1.45. The second-order valence-corrected chi connectivity index (χ2v) is 17.0. The Morgan fingerprint density at radius 2 is 0.894 bits per heavy atom. The third kappa shape index (κ3) is 4.23. The molecule has 0 fully saturated rings. The summed E-state index contributed by atoms with van der Waals surface area (Å²) in [7, 11) is -1.18. The van der Waals surface area contributed by atoms with Crippen molar-refractivity contribution in [1.82, 2.24) is 0 Å². The van der Waals surface area contributed by atoms with Crippen molar-refractivity contribution >= 4 is 42.3 Å². The lowest BCUT2D eigenvalue weighted by atomic mass is 9.82. The molecule has 0 saturated carbocycles. The van der Waals surface area contributed by atoms with Gasteiger partial charge in [0.15, 0.2) is 0 Å². The molecule has 0 unspecified atom stereocenters. The van der Waals surface area contributed by atoms with Crippen LogP contribution in [0, 0.1) is 13.8 Å². The van der Waals surface area contributed by atoms with Crippen LogP contribution in [-0.4, -0.2) is 12.5 Å². The van der Waals surface area contributed by atoms with Gasteiger partial charge in [0.25, 0.3) is 0 Å². The molecule has 8 aromatic rings. The molecule has 0 aromatic heterocycles. The van der Waals surface area contributed by atoms with E-state index in [1.807, 2.05) is 0 Å². The van der Waals surface area contributed by atoms with E-state index in [1.165, 1.54) is 97.7 Å². The van der Waals surface area contributed by atoms with Crippen molar-refractivity contribution in [3.05, 3.63) is 157 Å². The molecule has 1 aliphatic rings. The molecular formula is C46H36S. The van der Waals surface area contributed by atoms with Crippen LogP contribution >= 0.6 is 10.0 Å². The standard InChI is InChI=1S/C46H36S/c1-29-13-5-9-17-35(29)45-38-24-23-34(33-22-21-31-15-7-8-16-32(31)25-33)26-40(38)46(36-18-10-6-14-30(36)2)42-28-44-39(27-41(42)45)37-19-11-12-20-43(37)47(44,3)4/h5-28H,1-4H3. The van der Waals surface area contributed by atoms with E-state index in [9.17, 15) is 0 Å². The van der Waals surface area contributed by atoms with E-state index < -0.39 is 10.0 Å². The van der Waals surface area contributed by atoms with Crippen LogP contribution in [0.2, 0.25) is 0 Å². The Morgan fingerprint density at radius 3 is 1.62 bits per heavy atom. The van der Waals surface area contributed by atoms with Crippen LogP contribution in [0.1, 0.15) is 11.1 Å². The first-order valence-electron chi connectivity index (χ1n) is 16.4. The van der Waals surface area contributed by atoms with Gasteiger partial charge in [0, 0.05) is 9.79 Å². The maximum absolute atomic E-state index is 2.58. The fourth-order valence-corrected chi connectivity index (χ4v) is 10.5. The molecule has 0 saturated heterocycles. The van der Waals surface area contributed by atoms with Gasteiger partial charge in [-0.1, -0.05) is 115 Å². The predicted octanol–water partition coefficient (Wildman–Crippen LogP) is 13.2. The Hall–Kier alpha value is -5.11. The summed E-state index contributed by atoms with van der Waals surface area (Å²) in [4.78, 5) is 2.98. The molecule has 47 heavy (non-hydrogen) atoms. The molecule has 0 spiro atoms. The average Bonchev–Trinajstić information content (AvgIpc) is 3.32. The van der Waals surface area contributed by atoms with Crippen molar-refractivity contribution in [1.29, 1.82) is 0 Å². The van der Waals surface area contributed by atoms with E-state index in [0.717, 1.165) is 0 Å². The molecule has 0 nitrogen and oxygen atoms in total. The molecule has 226 valence electrons. The zero-order valence-corrected chi connectivity index (χ0v) is 28.1. The monoisotopic (exact) mass is 620 g/mol. The van der Waals surface area contributed by atoms with Gasteiger partial charge in [0.05, 0.1) is 0 Å². The Balaban J connectivity index is 1.47. The fraction of sp³-hybridized carbons (Fsp3) is 0.0870. The quantitative estimate of drug-likeness (QED) is 0.172. The van der Waals surface area contributed by atoms with Gasteiger partial charge in [-0.3, -0.25) is 0 Å². The normalized spacial score (nSPS) is 14.0. The number of hydrogen-bond donors (Lipinski definition) is 0. The molecule has 9 rings (SSSR count). The predicted molar refractivity (Wildman–Crippen MR) is 206 cm³/mol. The minimum Gasteiger partial charge on any atom is -0.192 e. The highest BCUT2D eigenvalue weighted by molar-refractivity contribution is 8.33. The van der Waals surface area contributed by atoms with Gasteiger partial charge in [-0.25, -0.2) is 0 Å². The van der Waals surface area contributed by atoms with Crippen LogP contribution in [0.25, 0.3) is 76.8 Å². The smallest absolute Gasteiger partial charge is 0.00219 e. The van der Waals surface area contributed by atoms with E-state index in [-0.39, 0.29) is 0 Å². The number of hydrogen-bond acceptors (Lipinski definition) is 0. The van der Waals surface area contributed by atoms with E-state index in [4.69, 9.17) is 0 Å². The highest BCUT2D eigenvalue weighted by atomic mass is 32.3. The molecule has 8 aromatic carbocycles. The van der Waals surface area contributed by atoms with Crippen molar-refractivity contribution < 1.29 is 0 Å².